The molecule has 0 saturated carbocycles. The van der Waals surface area contributed by atoms with Crippen LogP contribution in [0.2, 0.25) is 0 Å². The van der Waals surface area contributed by atoms with Gasteiger partial charge in [0.15, 0.2) is 0 Å². The van der Waals surface area contributed by atoms with E-state index in [9.17, 15) is 5.11 Å². The van der Waals surface area contributed by atoms with E-state index >= 15 is 0 Å². The van der Waals surface area contributed by atoms with Crippen LogP contribution < -0.4 is 4.90 Å². The second-order valence-corrected chi connectivity index (χ2v) is 6.17. The van der Waals surface area contributed by atoms with Gasteiger partial charge in [-0.05, 0) is 51.3 Å². The molecular weight excluding hydrogens is 258 g/mol. The highest BCUT2D eigenvalue weighted by Crippen LogP contribution is 2.37. The Kier molecular flexibility index (Phi) is 3.62. The van der Waals surface area contributed by atoms with Crippen molar-refractivity contribution in [1.29, 1.82) is 0 Å². The average Bonchev–Trinajstić information content (AvgIpc) is 2.48. The highest BCUT2D eigenvalue weighted by atomic mass is 16.3. The molecule has 0 bridgehead atoms. The predicted molar refractivity (Wildman–Crippen MR) is 88.1 cm³/mol. The maximum absolute atomic E-state index is 10.2. The van der Waals surface area contributed by atoms with Gasteiger partial charge in [-0.15, -0.1) is 0 Å². The minimum atomic E-state index is 0.187. The van der Waals surface area contributed by atoms with Crippen molar-refractivity contribution < 1.29 is 5.11 Å². The van der Waals surface area contributed by atoms with E-state index in [4.69, 9.17) is 0 Å². The van der Waals surface area contributed by atoms with Gasteiger partial charge in [-0.3, -0.25) is 0 Å². The third-order valence-corrected chi connectivity index (χ3v) is 4.49. The molecule has 0 fully saturated rings. The van der Waals surface area contributed by atoms with Gasteiger partial charge in [0.25, 0.3) is 0 Å². The lowest BCUT2D eigenvalue weighted by molar-refractivity contribution is 0.459. The lowest BCUT2D eigenvalue weighted by Crippen LogP contribution is -2.32. The summed E-state index contributed by atoms with van der Waals surface area (Å²) in [5.41, 5.74) is 6.28. The second-order valence-electron chi connectivity index (χ2n) is 6.17. The number of phenolic OH excluding ortho intramolecular Hbond substituents is 1. The van der Waals surface area contributed by atoms with Gasteiger partial charge in [0.1, 0.15) is 5.75 Å². The highest BCUT2D eigenvalue weighted by molar-refractivity contribution is 5.59. The summed E-state index contributed by atoms with van der Waals surface area (Å²) < 4.78 is 0. The third-order valence-electron chi connectivity index (χ3n) is 4.49. The number of phenols is 1. The van der Waals surface area contributed by atoms with E-state index in [0.717, 1.165) is 18.5 Å². The van der Waals surface area contributed by atoms with Crippen LogP contribution in [0, 0.1) is 13.8 Å². The van der Waals surface area contributed by atoms with Crippen LogP contribution in [0.4, 0.5) is 5.69 Å². The lowest BCUT2D eigenvalue weighted by Gasteiger charge is -2.37. The van der Waals surface area contributed by atoms with E-state index in [1.165, 1.54) is 28.8 Å². The number of nitrogens with zero attached hydrogens (tertiary/aromatic N) is 1. The summed E-state index contributed by atoms with van der Waals surface area (Å²) in [6.45, 7) is 7.45. The monoisotopic (exact) mass is 281 g/mol. The van der Waals surface area contributed by atoms with Crippen molar-refractivity contribution in [3.8, 4) is 5.75 Å². The van der Waals surface area contributed by atoms with Crippen LogP contribution in [0.3, 0.4) is 0 Å². The van der Waals surface area contributed by atoms with Gasteiger partial charge in [-0.2, -0.15) is 0 Å². The van der Waals surface area contributed by atoms with Crippen molar-refractivity contribution in [1.82, 2.24) is 0 Å². The minimum Gasteiger partial charge on any atom is -0.508 e. The van der Waals surface area contributed by atoms with Gasteiger partial charge in [-0.25, -0.2) is 0 Å². The minimum absolute atomic E-state index is 0.187. The maximum Gasteiger partial charge on any atom is 0.120 e. The molecule has 2 nitrogen and oxygen atoms in total. The summed E-state index contributed by atoms with van der Waals surface area (Å²) in [4.78, 5) is 2.42. The van der Waals surface area contributed by atoms with Crippen LogP contribution in [0.15, 0.2) is 36.4 Å². The van der Waals surface area contributed by atoms with Gasteiger partial charge < -0.3 is 10.0 Å². The second kappa shape index (κ2) is 5.44. The first kappa shape index (κ1) is 14.0. The first-order chi connectivity index (χ1) is 10.1. The lowest BCUT2D eigenvalue weighted by atomic mass is 9.95. The average molecular weight is 281 g/mol. The van der Waals surface area contributed by atoms with Gasteiger partial charge in [0, 0.05) is 17.8 Å². The Bertz CT molecular complexity index is 663. The number of rotatable bonds is 2. The molecule has 0 saturated heterocycles. The number of fused-ring (bicyclic) bond motifs is 1. The van der Waals surface area contributed by atoms with Crippen LogP contribution in [-0.4, -0.2) is 11.7 Å². The summed E-state index contributed by atoms with van der Waals surface area (Å²) in [6.07, 6.45) is 2.33. The third kappa shape index (κ3) is 2.63. The molecule has 2 aromatic carbocycles. The zero-order valence-electron chi connectivity index (χ0n) is 13.1. The molecule has 2 aromatic rings. The molecule has 0 radical (unpaired) electrons. The van der Waals surface area contributed by atoms with E-state index in [0.29, 0.717) is 5.75 Å². The first-order valence-corrected chi connectivity index (χ1v) is 7.72. The standard InChI is InChI=1S/C19H23NO/c1-13-6-8-18-16(11-13)5-4-10-20(18)15(3)17-12-14(2)7-9-19(17)21/h6-9,11-12,15,21H,4-5,10H2,1-3H3. The number of aryl methyl sites for hydroxylation is 3. The van der Waals surface area contributed by atoms with Crippen LogP contribution in [0.25, 0.3) is 0 Å². The van der Waals surface area contributed by atoms with E-state index < -0.39 is 0 Å². The normalized spacial score (nSPS) is 15.7. The van der Waals surface area contributed by atoms with Crippen molar-refractivity contribution >= 4 is 5.69 Å². The maximum atomic E-state index is 10.2. The summed E-state index contributed by atoms with van der Waals surface area (Å²) >= 11 is 0. The van der Waals surface area contributed by atoms with Crippen molar-refractivity contribution in [2.75, 3.05) is 11.4 Å². The molecule has 0 spiro atoms. The van der Waals surface area contributed by atoms with Gasteiger partial charge in [0.05, 0.1) is 6.04 Å². The molecular formula is C19H23NO. The predicted octanol–water partition coefficient (Wildman–Crippen LogP) is 4.52. The Balaban J connectivity index is 2.00. The van der Waals surface area contributed by atoms with E-state index in [1.54, 1.807) is 6.07 Å². The van der Waals surface area contributed by atoms with Crippen LogP contribution in [0.5, 0.6) is 5.75 Å². The first-order valence-electron chi connectivity index (χ1n) is 7.72. The zero-order chi connectivity index (χ0) is 15.0. The van der Waals surface area contributed by atoms with E-state index in [1.807, 2.05) is 6.07 Å². The molecule has 110 valence electrons. The van der Waals surface area contributed by atoms with E-state index in [-0.39, 0.29) is 6.04 Å². The molecule has 21 heavy (non-hydrogen) atoms. The fourth-order valence-electron chi connectivity index (χ4n) is 3.33. The molecule has 1 unspecified atom stereocenters. The smallest absolute Gasteiger partial charge is 0.120 e. The summed E-state index contributed by atoms with van der Waals surface area (Å²) in [6, 6.07) is 12.8. The molecule has 0 aliphatic carbocycles. The highest BCUT2D eigenvalue weighted by Gasteiger charge is 2.24. The van der Waals surface area contributed by atoms with Crippen LogP contribution >= 0.6 is 0 Å². The molecule has 2 heteroatoms. The number of hydrogen-bond donors (Lipinski definition) is 1. The Labute approximate surface area is 127 Å². The number of benzene rings is 2. The van der Waals surface area contributed by atoms with Crippen molar-refractivity contribution in [3.05, 3.63) is 58.7 Å². The molecule has 1 atom stereocenters. The SMILES string of the molecule is Cc1ccc2c(c1)CCCN2C(C)c1cc(C)ccc1O. The quantitative estimate of drug-likeness (QED) is 0.874. The fourth-order valence-corrected chi connectivity index (χ4v) is 3.33. The number of anilines is 1. The van der Waals surface area contributed by atoms with Gasteiger partial charge in [0.2, 0.25) is 0 Å². The Hall–Kier alpha value is -1.96. The largest absolute Gasteiger partial charge is 0.508 e. The molecule has 1 N–H and O–H groups in total. The van der Waals surface area contributed by atoms with Crippen molar-refractivity contribution in [3.63, 3.8) is 0 Å². The molecule has 0 aromatic heterocycles. The van der Waals surface area contributed by atoms with Crippen LogP contribution in [0.1, 0.15) is 41.6 Å². The number of aromatic hydroxyl groups is 1. The molecule has 3 rings (SSSR count). The summed E-state index contributed by atoms with van der Waals surface area (Å²) in [5.74, 6) is 0.396. The molecule has 0 amide bonds. The van der Waals surface area contributed by atoms with Crippen molar-refractivity contribution in [2.24, 2.45) is 0 Å². The topological polar surface area (TPSA) is 23.5 Å². The molecule has 1 aliphatic heterocycles. The van der Waals surface area contributed by atoms with Gasteiger partial charge >= 0.3 is 0 Å². The fraction of sp³-hybridized carbons (Fsp3) is 0.368. The Morgan fingerprint density at radius 3 is 2.57 bits per heavy atom. The zero-order valence-corrected chi connectivity index (χ0v) is 13.1. The van der Waals surface area contributed by atoms with Gasteiger partial charge in [-0.1, -0.05) is 35.4 Å². The molecule has 1 heterocycles. The van der Waals surface area contributed by atoms with Crippen LogP contribution in [-0.2, 0) is 6.42 Å². The number of hydrogen-bond acceptors (Lipinski definition) is 2. The summed E-state index contributed by atoms with van der Waals surface area (Å²) in [5, 5.41) is 10.2. The Morgan fingerprint density at radius 1 is 1.05 bits per heavy atom. The molecule has 1 aliphatic rings. The Morgan fingerprint density at radius 2 is 1.76 bits per heavy atom. The summed E-state index contributed by atoms with van der Waals surface area (Å²) in [7, 11) is 0. The van der Waals surface area contributed by atoms with E-state index in [2.05, 4.69) is 49.9 Å². The van der Waals surface area contributed by atoms with Crippen molar-refractivity contribution in [2.45, 2.75) is 39.7 Å².